The van der Waals surface area contributed by atoms with Crippen molar-refractivity contribution in [2.75, 3.05) is 36.4 Å². The van der Waals surface area contributed by atoms with E-state index in [1.165, 1.54) is 12.6 Å². The lowest BCUT2D eigenvalue weighted by atomic mass is 9.90. The molecule has 13 heteroatoms. The van der Waals surface area contributed by atoms with Crippen molar-refractivity contribution >= 4 is 46.1 Å². The molecule has 0 spiro atoms. The van der Waals surface area contributed by atoms with E-state index in [1.54, 1.807) is 23.9 Å². The summed E-state index contributed by atoms with van der Waals surface area (Å²) in [7, 11) is 0. The number of benzene rings is 1. The van der Waals surface area contributed by atoms with E-state index >= 15 is 0 Å². The lowest BCUT2D eigenvalue weighted by Gasteiger charge is -2.42. The first-order valence-corrected chi connectivity index (χ1v) is 19.5. The molecule has 6 heterocycles. The Hall–Kier alpha value is -5.17. The van der Waals surface area contributed by atoms with E-state index in [9.17, 15) is 19.2 Å². The first kappa shape index (κ1) is 35.8. The van der Waals surface area contributed by atoms with Crippen LogP contribution in [0.3, 0.4) is 0 Å². The van der Waals surface area contributed by atoms with Crippen LogP contribution in [0.25, 0.3) is 11.0 Å². The second kappa shape index (κ2) is 15.3. The number of carbonyl (C=O) groups excluding carboxylic acids is 3. The number of ketones is 1. The van der Waals surface area contributed by atoms with Gasteiger partial charge >= 0.3 is 0 Å². The summed E-state index contributed by atoms with van der Waals surface area (Å²) < 4.78 is 8.07. The number of hydrogen-bond acceptors (Lipinski definition) is 11. The van der Waals surface area contributed by atoms with Gasteiger partial charge in [-0.1, -0.05) is 25.0 Å². The van der Waals surface area contributed by atoms with Crippen LogP contribution >= 0.6 is 0 Å². The topological polar surface area (TPSA) is 152 Å². The maximum atomic E-state index is 13.5. The SMILES string of the molecule is CC(=O)c1c(C)c2cnc(Nc3ccc(OC4CCN(C5CCN(c6ccc(C7CCC(=O)NC7=O)cc6)CC5)CC4)cn3)nc2n(C2CCCC2)c1=O. The third kappa shape index (κ3) is 7.33. The van der Waals surface area contributed by atoms with Crippen molar-refractivity contribution < 1.29 is 19.1 Å². The number of rotatable bonds is 9. The minimum atomic E-state index is -0.271. The summed E-state index contributed by atoms with van der Waals surface area (Å²) >= 11 is 0. The highest BCUT2D eigenvalue weighted by Crippen LogP contribution is 2.33. The Morgan fingerprint density at radius 2 is 1.59 bits per heavy atom. The highest BCUT2D eigenvalue weighted by Gasteiger charge is 2.31. The normalized spacial score (nSPS) is 20.7. The van der Waals surface area contributed by atoms with Gasteiger partial charge in [0.1, 0.15) is 23.3 Å². The average Bonchev–Trinajstić information content (AvgIpc) is 3.71. The summed E-state index contributed by atoms with van der Waals surface area (Å²) in [6.07, 6.45) is 12.5. The van der Waals surface area contributed by atoms with E-state index in [2.05, 4.69) is 42.5 Å². The molecule has 1 unspecified atom stereocenters. The molecule has 2 amide bonds. The van der Waals surface area contributed by atoms with E-state index in [-0.39, 0.29) is 46.8 Å². The Kier molecular flexibility index (Phi) is 10.1. The van der Waals surface area contributed by atoms with Gasteiger partial charge in [-0.25, -0.2) is 9.97 Å². The van der Waals surface area contributed by atoms with Crippen molar-refractivity contribution in [2.24, 2.45) is 0 Å². The van der Waals surface area contributed by atoms with Gasteiger partial charge in [0.25, 0.3) is 5.56 Å². The lowest BCUT2D eigenvalue weighted by molar-refractivity contribution is -0.134. The van der Waals surface area contributed by atoms with Crippen LogP contribution in [0.15, 0.2) is 53.6 Å². The number of imide groups is 1. The van der Waals surface area contributed by atoms with Crippen molar-refractivity contribution in [1.82, 2.24) is 29.7 Å². The van der Waals surface area contributed by atoms with Crippen molar-refractivity contribution in [3.63, 3.8) is 0 Å². The summed E-state index contributed by atoms with van der Waals surface area (Å²) in [5.41, 5.74) is 3.26. The van der Waals surface area contributed by atoms with Crippen LogP contribution in [0, 0.1) is 6.92 Å². The molecular formula is C41H48N8O5. The maximum Gasteiger partial charge on any atom is 0.263 e. The highest BCUT2D eigenvalue weighted by atomic mass is 16.5. The quantitative estimate of drug-likeness (QED) is 0.164. The number of pyridine rings is 2. The molecule has 8 rings (SSSR count). The molecule has 4 fully saturated rings. The largest absolute Gasteiger partial charge is 0.489 e. The van der Waals surface area contributed by atoms with Gasteiger partial charge < -0.3 is 15.0 Å². The molecule has 282 valence electrons. The van der Waals surface area contributed by atoms with E-state index in [4.69, 9.17) is 9.72 Å². The summed E-state index contributed by atoms with van der Waals surface area (Å²) in [5, 5.41) is 6.36. The van der Waals surface area contributed by atoms with Gasteiger partial charge in [-0.3, -0.25) is 34.0 Å². The third-order valence-electron chi connectivity index (χ3n) is 11.9. The number of nitrogens with one attached hydrogen (secondary N) is 2. The zero-order valence-corrected chi connectivity index (χ0v) is 31.1. The molecule has 2 N–H and O–H groups in total. The van der Waals surface area contributed by atoms with Gasteiger partial charge in [0.2, 0.25) is 17.8 Å². The van der Waals surface area contributed by atoms with E-state index in [0.29, 0.717) is 47.2 Å². The fourth-order valence-corrected chi connectivity index (χ4v) is 8.92. The van der Waals surface area contributed by atoms with Gasteiger partial charge in [-0.15, -0.1) is 0 Å². The summed E-state index contributed by atoms with van der Waals surface area (Å²) in [6, 6.07) is 12.6. The molecule has 3 aliphatic heterocycles. The molecule has 4 aromatic rings. The molecule has 1 atom stereocenters. The number of Topliss-reactive ketones (excluding diaryl/α,β-unsaturated/α-hetero) is 1. The standard InChI is InChI=1S/C41H48N8O5/c1-25-34-24-43-41(46-38(34)49(30-5-3-4-6-30)40(53)37(25)26(2)50)44-35-13-11-32(23-42-35)54-31-17-21-48(22-18-31)29-15-19-47(20-16-29)28-9-7-27(8-10-28)33-12-14-36(51)45-39(33)52/h7-11,13,23-24,29-31,33H,3-6,12,14-22H2,1-2H3,(H,45,51,52)(H,42,43,44,46). The molecular weight excluding hydrogens is 685 g/mol. The summed E-state index contributed by atoms with van der Waals surface area (Å²) in [6.45, 7) is 7.23. The van der Waals surface area contributed by atoms with E-state index < -0.39 is 0 Å². The lowest BCUT2D eigenvalue weighted by Crippen LogP contribution is -2.49. The minimum Gasteiger partial charge on any atom is -0.489 e. The maximum absolute atomic E-state index is 13.5. The zero-order chi connectivity index (χ0) is 37.3. The van der Waals surface area contributed by atoms with E-state index in [1.807, 2.05) is 24.3 Å². The Morgan fingerprint density at radius 1 is 0.852 bits per heavy atom. The van der Waals surface area contributed by atoms with Gasteiger partial charge in [0, 0.05) is 62.0 Å². The Morgan fingerprint density at radius 3 is 2.26 bits per heavy atom. The number of likely N-dealkylation sites (tertiary alicyclic amines) is 1. The molecule has 0 bridgehead atoms. The number of hydrogen-bond donors (Lipinski definition) is 2. The number of fused-ring (bicyclic) bond motifs is 1. The number of aromatic nitrogens is 4. The number of carbonyl (C=O) groups is 3. The van der Waals surface area contributed by atoms with Gasteiger partial charge in [0.15, 0.2) is 5.78 Å². The van der Waals surface area contributed by atoms with Crippen LogP contribution in [0.5, 0.6) is 5.75 Å². The predicted octanol–water partition coefficient (Wildman–Crippen LogP) is 5.59. The Balaban J connectivity index is 0.830. The smallest absolute Gasteiger partial charge is 0.263 e. The van der Waals surface area contributed by atoms with Crippen LogP contribution in [0.2, 0.25) is 0 Å². The van der Waals surface area contributed by atoms with Crippen molar-refractivity contribution in [3.8, 4) is 5.75 Å². The molecule has 0 radical (unpaired) electrons. The van der Waals surface area contributed by atoms with Crippen LogP contribution in [-0.2, 0) is 9.59 Å². The van der Waals surface area contributed by atoms with Crippen LogP contribution < -0.4 is 25.8 Å². The molecule has 3 saturated heterocycles. The van der Waals surface area contributed by atoms with Crippen molar-refractivity contribution in [2.45, 2.75) is 102 Å². The Bertz CT molecular complexity index is 2100. The zero-order valence-electron chi connectivity index (χ0n) is 31.1. The fraction of sp³-hybridized carbons (Fsp3) is 0.488. The van der Waals surface area contributed by atoms with Crippen LogP contribution in [0.1, 0.15) is 105 Å². The molecule has 54 heavy (non-hydrogen) atoms. The van der Waals surface area contributed by atoms with Gasteiger partial charge in [-0.05, 0) is 94.2 Å². The second-order valence-electron chi connectivity index (χ2n) is 15.3. The molecule has 1 saturated carbocycles. The van der Waals surface area contributed by atoms with Crippen LogP contribution in [0.4, 0.5) is 17.5 Å². The first-order chi connectivity index (χ1) is 26.2. The van der Waals surface area contributed by atoms with E-state index in [0.717, 1.165) is 88.9 Å². The molecule has 13 nitrogen and oxygen atoms in total. The van der Waals surface area contributed by atoms with Crippen molar-refractivity contribution in [1.29, 1.82) is 0 Å². The highest BCUT2D eigenvalue weighted by molar-refractivity contribution is 6.01. The molecule has 1 aliphatic carbocycles. The summed E-state index contributed by atoms with van der Waals surface area (Å²) in [4.78, 5) is 68.7. The number of amides is 2. The summed E-state index contributed by atoms with van der Waals surface area (Å²) in [5.74, 6) is 0.759. The van der Waals surface area contributed by atoms with Crippen LogP contribution in [-0.4, -0.2) is 80.3 Å². The monoisotopic (exact) mass is 732 g/mol. The number of aryl methyl sites for hydroxylation is 1. The predicted molar refractivity (Wildman–Crippen MR) is 206 cm³/mol. The average molecular weight is 733 g/mol. The van der Waals surface area contributed by atoms with Crippen molar-refractivity contribution in [3.05, 3.63) is 75.8 Å². The number of anilines is 3. The first-order valence-electron chi connectivity index (χ1n) is 19.5. The number of ether oxygens (including phenoxy) is 1. The third-order valence-corrected chi connectivity index (χ3v) is 11.9. The van der Waals surface area contributed by atoms with Gasteiger partial charge in [0.05, 0.1) is 17.7 Å². The number of nitrogens with zero attached hydrogens (tertiary/aromatic N) is 6. The molecule has 1 aromatic carbocycles. The molecule has 3 aromatic heterocycles. The second-order valence-corrected chi connectivity index (χ2v) is 15.3. The Labute approximate surface area is 314 Å². The van der Waals surface area contributed by atoms with Gasteiger partial charge in [-0.2, -0.15) is 4.98 Å². The minimum absolute atomic E-state index is 0.0147. The number of piperidine rings is 3. The molecule has 4 aliphatic rings. The fourth-order valence-electron chi connectivity index (χ4n) is 8.92.